The van der Waals surface area contributed by atoms with Crippen molar-refractivity contribution in [2.45, 2.75) is 370 Å². The van der Waals surface area contributed by atoms with Crippen molar-refractivity contribution in [1.29, 1.82) is 0 Å². The summed E-state index contributed by atoms with van der Waals surface area (Å²) in [5.74, 6) is -0.367. The average molecular weight is 1170 g/mol. The Morgan fingerprint density at radius 2 is 0.756 bits per heavy atom. The van der Waals surface area contributed by atoms with E-state index in [0.717, 1.165) is 44.9 Å². The van der Waals surface area contributed by atoms with E-state index in [1.165, 1.54) is 231 Å². The maximum atomic E-state index is 13.1. The van der Waals surface area contributed by atoms with Crippen molar-refractivity contribution >= 4 is 5.97 Å². The third-order valence-electron chi connectivity index (χ3n) is 16.7. The zero-order valence-corrected chi connectivity index (χ0v) is 52.5. The van der Waals surface area contributed by atoms with E-state index in [-0.39, 0.29) is 25.6 Å². The molecule has 0 spiro atoms. The number of esters is 1. The topological polar surface area (TPSA) is 214 Å². The van der Waals surface area contributed by atoms with Gasteiger partial charge in [-0.2, -0.15) is 0 Å². The molecular formula is C68H128O14. The zero-order valence-electron chi connectivity index (χ0n) is 52.5. The summed E-state index contributed by atoms with van der Waals surface area (Å²) >= 11 is 0. The predicted molar refractivity (Wildman–Crippen MR) is 330 cm³/mol. The number of aliphatic hydroxyl groups is 7. The first-order valence-corrected chi connectivity index (χ1v) is 34.4. The molecule has 0 radical (unpaired) electrons. The minimum absolute atomic E-state index is 0.0670. The molecule has 0 aliphatic carbocycles. The van der Waals surface area contributed by atoms with Gasteiger partial charge in [-0.3, -0.25) is 4.79 Å². The normalized spacial score (nSPS) is 23.6. The van der Waals surface area contributed by atoms with Gasteiger partial charge in [-0.15, -0.1) is 0 Å². The van der Waals surface area contributed by atoms with E-state index in [2.05, 4.69) is 38.2 Å². The Morgan fingerprint density at radius 1 is 0.402 bits per heavy atom. The molecule has 82 heavy (non-hydrogen) atoms. The van der Waals surface area contributed by atoms with Crippen molar-refractivity contribution in [2.75, 3.05) is 33.0 Å². The smallest absolute Gasteiger partial charge is 0.306 e. The Hall–Kier alpha value is -1.53. The van der Waals surface area contributed by atoms with Crippen molar-refractivity contribution < 1.29 is 69.0 Å². The van der Waals surface area contributed by atoms with Crippen LogP contribution in [0.15, 0.2) is 24.3 Å². The van der Waals surface area contributed by atoms with Crippen LogP contribution >= 0.6 is 0 Å². The standard InChI is InChI=1S/C68H128O14/c1-3-5-7-9-11-13-15-17-19-21-23-25-27-28-29-30-32-34-36-38-40-42-44-46-48-50-52-77-54-57(55-78-67-66(76)64(74)62(72)59(82-67)56-79-68-65(75)63(73)61(71)58(53-69)81-68)80-60(70)51-49-47-45-43-41-39-37-35-33-31-26-24-22-20-18-16-14-12-10-8-6-4-2/h15,17,21,23,57-59,61-69,71-76H,3-14,16,18-20,22,24-56H2,1-2H3/b17-15-,23-21-. The van der Waals surface area contributed by atoms with Gasteiger partial charge < -0.3 is 64.2 Å². The van der Waals surface area contributed by atoms with Gasteiger partial charge in [0.2, 0.25) is 0 Å². The van der Waals surface area contributed by atoms with Gasteiger partial charge in [0.15, 0.2) is 12.6 Å². The van der Waals surface area contributed by atoms with Crippen molar-refractivity contribution in [3.05, 3.63) is 24.3 Å². The minimum Gasteiger partial charge on any atom is -0.457 e. The molecule has 2 rings (SSSR count). The molecule has 0 amide bonds. The van der Waals surface area contributed by atoms with Crippen molar-refractivity contribution in [3.8, 4) is 0 Å². The molecule has 0 saturated carbocycles. The van der Waals surface area contributed by atoms with Crippen LogP contribution in [0.4, 0.5) is 0 Å². The van der Waals surface area contributed by atoms with Gasteiger partial charge in [0.05, 0.1) is 26.4 Å². The number of carbonyl (C=O) groups excluding carboxylic acids is 1. The third kappa shape index (κ3) is 40.0. The predicted octanol–water partition coefficient (Wildman–Crippen LogP) is 14.3. The lowest BCUT2D eigenvalue weighted by atomic mass is 9.98. The van der Waals surface area contributed by atoms with Crippen LogP contribution in [0.3, 0.4) is 0 Å². The second-order valence-corrected chi connectivity index (χ2v) is 24.4. The number of rotatable bonds is 58. The Bertz CT molecular complexity index is 1450. The summed E-state index contributed by atoms with van der Waals surface area (Å²) in [4.78, 5) is 13.1. The number of carbonyl (C=O) groups is 1. The first-order valence-electron chi connectivity index (χ1n) is 34.4. The molecule has 2 aliphatic heterocycles. The molecule has 2 aliphatic rings. The summed E-state index contributed by atoms with van der Waals surface area (Å²) in [5, 5.41) is 72.6. The molecule has 14 nitrogen and oxygen atoms in total. The van der Waals surface area contributed by atoms with E-state index in [0.29, 0.717) is 13.0 Å². The fourth-order valence-corrected chi connectivity index (χ4v) is 11.2. The molecule has 2 fully saturated rings. The summed E-state index contributed by atoms with van der Waals surface area (Å²) in [5.41, 5.74) is 0. The highest BCUT2D eigenvalue weighted by molar-refractivity contribution is 5.69. The highest BCUT2D eigenvalue weighted by atomic mass is 16.7. The van der Waals surface area contributed by atoms with Gasteiger partial charge >= 0.3 is 5.97 Å². The van der Waals surface area contributed by atoms with Gasteiger partial charge in [-0.05, 0) is 44.9 Å². The molecule has 11 atom stereocenters. The number of unbranched alkanes of at least 4 members (excludes halogenated alkanes) is 40. The Morgan fingerprint density at radius 3 is 1.17 bits per heavy atom. The summed E-state index contributed by atoms with van der Waals surface area (Å²) in [6.07, 6.45) is 49.7. The minimum atomic E-state index is -1.70. The highest BCUT2D eigenvalue weighted by Gasteiger charge is 2.47. The lowest BCUT2D eigenvalue weighted by Gasteiger charge is -2.42. The molecule has 7 N–H and O–H groups in total. The molecule has 11 unspecified atom stereocenters. The lowest BCUT2D eigenvalue weighted by Crippen LogP contribution is -2.61. The fourth-order valence-electron chi connectivity index (χ4n) is 11.2. The van der Waals surface area contributed by atoms with E-state index in [1.54, 1.807) is 0 Å². The Balaban J connectivity index is 1.63. The van der Waals surface area contributed by atoms with E-state index in [9.17, 15) is 40.5 Å². The van der Waals surface area contributed by atoms with Crippen molar-refractivity contribution in [3.63, 3.8) is 0 Å². The Labute approximate surface area is 500 Å². The summed E-state index contributed by atoms with van der Waals surface area (Å²) < 4.78 is 34.6. The van der Waals surface area contributed by atoms with Crippen LogP contribution in [0.1, 0.15) is 303 Å². The summed E-state index contributed by atoms with van der Waals surface area (Å²) in [6.45, 7) is 3.76. The second kappa shape index (κ2) is 54.8. The van der Waals surface area contributed by atoms with Gasteiger partial charge in [0.1, 0.15) is 54.9 Å². The van der Waals surface area contributed by atoms with Crippen LogP contribution in [0.2, 0.25) is 0 Å². The fraction of sp³-hybridized carbons (Fsp3) is 0.926. The first-order chi connectivity index (χ1) is 40.1. The highest BCUT2D eigenvalue weighted by Crippen LogP contribution is 2.27. The van der Waals surface area contributed by atoms with Crippen LogP contribution < -0.4 is 0 Å². The van der Waals surface area contributed by atoms with E-state index in [4.69, 9.17) is 28.4 Å². The van der Waals surface area contributed by atoms with Gasteiger partial charge in [-0.1, -0.05) is 276 Å². The van der Waals surface area contributed by atoms with Gasteiger partial charge in [0.25, 0.3) is 0 Å². The number of allylic oxidation sites excluding steroid dienone is 4. The van der Waals surface area contributed by atoms with Crippen molar-refractivity contribution in [1.82, 2.24) is 0 Å². The molecule has 2 saturated heterocycles. The molecule has 0 bridgehead atoms. The zero-order chi connectivity index (χ0) is 59.4. The van der Waals surface area contributed by atoms with Crippen LogP contribution in [-0.2, 0) is 33.2 Å². The quantitative estimate of drug-likeness (QED) is 0.0171. The summed E-state index contributed by atoms with van der Waals surface area (Å²) in [6, 6.07) is 0. The number of hydrogen-bond donors (Lipinski definition) is 7. The molecule has 14 heteroatoms. The van der Waals surface area contributed by atoms with Crippen LogP contribution in [0, 0.1) is 0 Å². The molecule has 0 aromatic rings. The lowest BCUT2D eigenvalue weighted by molar-refractivity contribution is -0.332. The molecule has 484 valence electrons. The average Bonchev–Trinajstić information content (AvgIpc) is 3.52. The maximum absolute atomic E-state index is 13.1. The third-order valence-corrected chi connectivity index (χ3v) is 16.7. The van der Waals surface area contributed by atoms with Gasteiger partial charge in [-0.25, -0.2) is 0 Å². The monoisotopic (exact) mass is 1170 g/mol. The van der Waals surface area contributed by atoms with Crippen LogP contribution in [0.25, 0.3) is 0 Å². The molecule has 0 aromatic carbocycles. The van der Waals surface area contributed by atoms with E-state index in [1.807, 2.05) is 0 Å². The van der Waals surface area contributed by atoms with E-state index >= 15 is 0 Å². The first kappa shape index (κ1) is 76.6. The number of aliphatic hydroxyl groups excluding tert-OH is 7. The Kier molecular flexibility index (Phi) is 51.2. The van der Waals surface area contributed by atoms with Crippen LogP contribution in [0.5, 0.6) is 0 Å². The molecular weight excluding hydrogens is 1040 g/mol. The number of ether oxygens (including phenoxy) is 6. The SMILES string of the molecule is CCCCCCC/C=C\C/C=C\CCCCCCCCCCCCCCCCOCC(COC1OC(COC2OC(CO)C(O)C(O)C2O)C(O)C(O)C1O)OC(=O)CCCCCCCCCCCCCCCCCCCCCCCC. The second-order valence-electron chi connectivity index (χ2n) is 24.4. The number of hydrogen-bond acceptors (Lipinski definition) is 14. The molecule has 0 aromatic heterocycles. The van der Waals surface area contributed by atoms with Crippen molar-refractivity contribution in [2.24, 2.45) is 0 Å². The largest absolute Gasteiger partial charge is 0.457 e. The summed E-state index contributed by atoms with van der Waals surface area (Å²) in [7, 11) is 0. The van der Waals surface area contributed by atoms with Gasteiger partial charge in [0, 0.05) is 13.0 Å². The maximum Gasteiger partial charge on any atom is 0.306 e. The molecule has 2 heterocycles. The van der Waals surface area contributed by atoms with E-state index < -0.39 is 80.7 Å². The van der Waals surface area contributed by atoms with Crippen LogP contribution in [-0.4, -0.2) is 142 Å².